The van der Waals surface area contributed by atoms with E-state index in [1.165, 1.54) is 6.33 Å². The summed E-state index contributed by atoms with van der Waals surface area (Å²) in [4.78, 5) is 17.7. The Morgan fingerprint density at radius 2 is 2.38 bits per heavy atom. The van der Waals surface area contributed by atoms with Crippen molar-refractivity contribution in [3.05, 3.63) is 21.2 Å². The molecular formula is C8H10BrN3O. The number of hydrogen-bond acceptors (Lipinski definition) is 3. The van der Waals surface area contributed by atoms with E-state index in [1.807, 2.05) is 0 Å². The Hall–Kier alpha value is -0.840. The van der Waals surface area contributed by atoms with Gasteiger partial charge in [-0.2, -0.15) is 0 Å². The molecule has 0 bridgehead atoms. The summed E-state index contributed by atoms with van der Waals surface area (Å²) >= 11 is 3.19. The molecule has 70 valence electrons. The predicted molar refractivity (Wildman–Crippen MR) is 53.8 cm³/mol. The normalized spacial score (nSPS) is 18.3. The van der Waals surface area contributed by atoms with Gasteiger partial charge in [0.1, 0.15) is 10.3 Å². The second-order valence-electron chi connectivity index (χ2n) is 3.58. The Morgan fingerprint density at radius 3 is 3.00 bits per heavy atom. The molecular weight excluding hydrogens is 234 g/mol. The summed E-state index contributed by atoms with van der Waals surface area (Å²) in [6, 6.07) is 0. The number of hydrogen-bond donors (Lipinski definition) is 2. The summed E-state index contributed by atoms with van der Waals surface area (Å²) in [7, 11) is 0. The maximum Gasteiger partial charge on any atom is 0.267 e. The largest absolute Gasteiger partial charge is 0.364 e. The summed E-state index contributed by atoms with van der Waals surface area (Å²) in [6.45, 7) is 2.11. The SMILES string of the molecule is CC1(Nc2nc[nH]c(=O)c2Br)CC1. The molecule has 4 nitrogen and oxygen atoms in total. The summed E-state index contributed by atoms with van der Waals surface area (Å²) < 4.78 is 0.475. The number of H-pyrrole nitrogens is 1. The number of aromatic amines is 1. The maximum absolute atomic E-state index is 11.2. The third kappa shape index (κ3) is 1.75. The van der Waals surface area contributed by atoms with Gasteiger partial charge in [-0.15, -0.1) is 0 Å². The first-order valence-corrected chi connectivity index (χ1v) is 4.91. The molecule has 0 radical (unpaired) electrons. The van der Waals surface area contributed by atoms with Gasteiger partial charge < -0.3 is 10.3 Å². The van der Waals surface area contributed by atoms with Crippen molar-refractivity contribution in [3.63, 3.8) is 0 Å². The zero-order chi connectivity index (χ0) is 9.47. The molecule has 1 aromatic rings. The molecule has 1 aliphatic carbocycles. The van der Waals surface area contributed by atoms with E-state index in [0.29, 0.717) is 10.3 Å². The van der Waals surface area contributed by atoms with Crippen LogP contribution in [0.2, 0.25) is 0 Å². The molecule has 1 aromatic heterocycles. The number of nitrogens with one attached hydrogen (secondary N) is 2. The first-order valence-electron chi connectivity index (χ1n) is 4.12. The van der Waals surface area contributed by atoms with E-state index < -0.39 is 0 Å². The van der Waals surface area contributed by atoms with Gasteiger partial charge in [0, 0.05) is 5.54 Å². The smallest absolute Gasteiger partial charge is 0.267 e. The predicted octanol–water partition coefficient (Wildman–Crippen LogP) is 1.50. The van der Waals surface area contributed by atoms with Crippen LogP contribution in [0.3, 0.4) is 0 Å². The molecule has 1 aliphatic rings. The van der Waals surface area contributed by atoms with Crippen molar-refractivity contribution in [1.82, 2.24) is 9.97 Å². The second kappa shape index (κ2) is 2.83. The molecule has 1 fully saturated rings. The molecule has 0 atom stereocenters. The highest BCUT2D eigenvalue weighted by Crippen LogP contribution is 2.38. The van der Waals surface area contributed by atoms with Gasteiger partial charge in [-0.25, -0.2) is 4.98 Å². The van der Waals surface area contributed by atoms with E-state index in [2.05, 4.69) is 38.1 Å². The van der Waals surface area contributed by atoms with Crippen LogP contribution in [0.25, 0.3) is 0 Å². The third-order valence-electron chi connectivity index (χ3n) is 2.22. The van der Waals surface area contributed by atoms with Crippen LogP contribution in [0.5, 0.6) is 0 Å². The van der Waals surface area contributed by atoms with Crippen LogP contribution < -0.4 is 10.9 Å². The Kier molecular flexibility index (Phi) is 1.91. The lowest BCUT2D eigenvalue weighted by atomic mass is 10.3. The second-order valence-corrected chi connectivity index (χ2v) is 4.37. The molecule has 13 heavy (non-hydrogen) atoms. The average Bonchev–Trinajstić information content (AvgIpc) is 2.78. The summed E-state index contributed by atoms with van der Waals surface area (Å²) in [5, 5.41) is 3.22. The average molecular weight is 244 g/mol. The van der Waals surface area contributed by atoms with Crippen LogP contribution in [0.1, 0.15) is 19.8 Å². The quantitative estimate of drug-likeness (QED) is 0.828. The maximum atomic E-state index is 11.2. The van der Waals surface area contributed by atoms with Crippen molar-refractivity contribution < 1.29 is 0 Å². The van der Waals surface area contributed by atoms with Crippen molar-refractivity contribution in [2.24, 2.45) is 0 Å². The Labute approximate surface area is 83.9 Å². The van der Waals surface area contributed by atoms with Gasteiger partial charge in [-0.3, -0.25) is 4.79 Å². The minimum Gasteiger partial charge on any atom is -0.364 e. The van der Waals surface area contributed by atoms with E-state index in [-0.39, 0.29) is 11.1 Å². The molecule has 0 amide bonds. The van der Waals surface area contributed by atoms with Gasteiger partial charge in [0.05, 0.1) is 6.33 Å². The van der Waals surface area contributed by atoms with Crippen LogP contribution in [0, 0.1) is 0 Å². The highest BCUT2D eigenvalue weighted by atomic mass is 79.9. The van der Waals surface area contributed by atoms with Crippen molar-refractivity contribution in [2.45, 2.75) is 25.3 Å². The van der Waals surface area contributed by atoms with E-state index in [0.717, 1.165) is 12.8 Å². The van der Waals surface area contributed by atoms with Gasteiger partial charge in [-0.05, 0) is 35.7 Å². The fraction of sp³-hybridized carbons (Fsp3) is 0.500. The first kappa shape index (κ1) is 8.74. The molecule has 0 aromatic carbocycles. The van der Waals surface area contributed by atoms with Gasteiger partial charge in [0.2, 0.25) is 0 Å². The van der Waals surface area contributed by atoms with Crippen LogP contribution in [0.15, 0.2) is 15.6 Å². The number of nitrogens with zero attached hydrogens (tertiary/aromatic N) is 1. The van der Waals surface area contributed by atoms with Crippen LogP contribution in [-0.4, -0.2) is 15.5 Å². The molecule has 0 saturated heterocycles. The molecule has 1 heterocycles. The van der Waals surface area contributed by atoms with Gasteiger partial charge in [-0.1, -0.05) is 0 Å². The molecule has 0 aliphatic heterocycles. The number of halogens is 1. The topological polar surface area (TPSA) is 57.8 Å². The third-order valence-corrected chi connectivity index (χ3v) is 2.95. The highest BCUT2D eigenvalue weighted by Gasteiger charge is 2.37. The van der Waals surface area contributed by atoms with E-state index in [1.54, 1.807) is 0 Å². The van der Waals surface area contributed by atoms with Crippen molar-refractivity contribution in [1.29, 1.82) is 0 Å². The van der Waals surface area contributed by atoms with Crippen LogP contribution in [-0.2, 0) is 0 Å². The number of rotatable bonds is 2. The molecule has 2 N–H and O–H groups in total. The standard InChI is InChI=1S/C8H10BrN3O/c1-8(2-3-8)12-6-5(9)7(13)11-4-10-6/h4H,2-3H2,1H3,(H2,10,11,12,13). The van der Waals surface area contributed by atoms with Crippen molar-refractivity contribution in [3.8, 4) is 0 Å². The lowest BCUT2D eigenvalue weighted by molar-refractivity contribution is 0.816. The lowest BCUT2D eigenvalue weighted by Gasteiger charge is -2.12. The zero-order valence-electron chi connectivity index (χ0n) is 7.22. The molecule has 5 heteroatoms. The Bertz CT molecular complexity index is 383. The molecule has 1 saturated carbocycles. The van der Waals surface area contributed by atoms with E-state index in [4.69, 9.17) is 0 Å². The monoisotopic (exact) mass is 243 g/mol. The molecule has 2 rings (SSSR count). The first-order chi connectivity index (χ1) is 6.11. The van der Waals surface area contributed by atoms with Crippen molar-refractivity contribution >= 4 is 21.7 Å². The Morgan fingerprint density at radius 1 is 1.69 bits per heavy atom. The van der Waals surface area contributed by atoms with Crippen molar-refractivity contribution in [2.75, 3.05) is 5.32 Å². The lowest BCUT2D eigenvalue weighted by Crippen LogP contribution is -2.20. The van der Waals surface area contributed by atoms with Crippen LogP contribution >= 0.6 is 15.9 Å². The van der Waals surface area contributed by atoms with E-state index >= 15 is 0 Å². The highest BCUT2D eigenvalue weighted by molar-refractivity contribution is 9.10. The molecule has 0 spiro atoms. The summed E-state index contributed by atoms with van der Waals surface area (Å²) in [6.07, 6.45) is 3.67. The van der Waals surface area contributed by atoms with Gasteiger partial charge in [0.25, 0.3) is 5.56 Å². The fourth-order valence-electron chi connectivity index (χ4n) is 1.07. The minimum absolute atomic E-state index is 0.142. The number of anilines is 1. The van der Waals surface area contributed by atoms with Crippen LogP contribution in [0.4, 0.5) is 5.82 Å². The summed E-state index contributed by atoms with van der Waals surface area (Å²) in [5.41, 5.74) is -0.00898. The van der Waals surface area contributed by atoms with Gasteiger partial charge in [0.15, 0.2) is 0 Å². The van der Waals surface area contributed by atoms with E-state index in [9.17, 15) is 4.79 Å². The Balaban J connectivity index is 2.30. The fourth-order valence-corrected chi connectivity index (χ4v) is 1.38. The molecule has 0 unspecified atom stereocenters. The summed E-state index contributed by atoms with van der Waals surface area (Å²) in [5.74, 6) is 0.628. The van der Waals surface area contributed by atoms with Gasteiger partial charge >= 0.3 is 0 Å². The minimum atomic E-state index is -0.151. The number of aromatic nitrogens is 2. The zero-order valence-corrected chi connectivity index (χ0v) is 8.81.